The molecule has 6 heteroatoms. The molecule has 0 radical (unpaired) electrons. The van der Waals surface area contributed by atoms with Gasteiger partial charge in [0.05, 0.1) is 21.3 Å². The van der Waals surface area contributed by atoms with Crippen molar-refractivity contribution >= 4 is 12.4 Å². The second-order valence-corrected chi connectivity index (χ2v) is 7.78. The summed E-state index contributed by atoms with van der Waals surface area (Å²) in [7, 11) is 9.26. The number of halogens is 1. The van der Waals surface area contributed by atoms with Gasteiger partial charge in [-0.1, -0.05) is 6.42 Å². The molecule has 0 atom stereocenters. The number of aromatic nitrogens is 1. The van der Waals surface area contributed by atoms with E-state index in [1.807, 2.05) is 0 Å². The second kappa shape index (κ2) is 10.8. The molecule has 0 N–H and O–H groups in total. The van der Waals surface area contributed by atoms with E-state index in [4.69, 9.17) is 14.2 Å². The van der Waals surface area contributed by atoms with Gasteiger partial charge in [0, 0.05) is 23.5 Å². The Bertz CT molecular complexity index is 777. The van der Waals surface area contributed by atoms with Crippen LogP contribution in [0.5, 0.6) is 17.2 Å². The fourth-order valence-corrected chi connectivity index (χ4v) is 4.21. The molecule has 29 heavy (non-hydrogen) atoms. The minimum atomic E-state index is 0. The molecule has 0 amide bonds. The molecule has 0 unspecified atom stereocenters. The van der Waals surface area contributed by atoms with Crippen LogP contribution < -0.4 is 14.2 Å². The summed E-state index contributed by atoms with van der Waals surface area (Å²) in [6.07, 6.45) is 7.36. The van der Waals surface area contributed by atoms with Gasteiger partial charge in [-0.2, -0.15) is 0 Å². The summed E-state index contributed by atoms with van der Waals surface area (Å²) in [5.74, 6) is 2.04. The zero-order valence-electron chi connectivity index (χ0n) is 18.4. The zero-order chi connectivity index (χ0) is 20.1. The maximum atomic E-state index is 5.59. The van der Waals surface area contributed by atoms with Crippen molar-refractivity contribution in [1.29, 1.82) is 0 Å². The Morgan fingerprint density at radius 3 is 2.14 bits per heavy atom. The Labute approximate surface area is 181 Å². The van der Waals surface area contributed by atoms with Crippen molar-refractivity contribution in [1.82, 2.24) is 9.47 Å². The molecule has 3 rings (SSSR count). The Hall–Kier alpha value is -1.85. The third-order valence-corrected chi connectivity index (χ3v) is 5.61. The van der Waals surface area contributed by atoms with E-state index in [0.717, 1.165) is 25.1 Å². The fraction of sp³-hybridized carbons (Fsp3) is 0.565. The average molecular weight is 423 g/mol. The van der Waals surface area contributed by atoms with Crippen molar-refractivity contribution in [3.63, 3.8) is 0 Å². The quantitative estimate of drug-likeness (QED) is 0.571. The Balaban J connectivity index is 0.00000300. The molecule has 0 saturated carbocycles. The number of ether oxygens (including phenoxy) is 3. The summed E-state index contributed by atoms with van der Waals surface area (Å²) in [6, 6.07) is 6.52. The highest BCUT2D eigenvalue weighted by molar-refractivity contribution is 5.85. The topological polar surface area (TPSA) is 35.9 Å². The Morgan fingerprint density at radius 2 is 1.55 bits per heavy atom. The van der Waals surface area contributed by atoms with E-state index in [1.54, 1.807) is 21.3 Å². The lowest BCUT2D eigenvalue weighted by Gasteiger charge is -2.18. The maximum Gasteiger partial charge on any atom is 0.203 e. The zero-order valence-corrected chi connectivity index (χ0v) is 19.2. The van der Waals surface area contributed by atoms with E-state index in [-0.39, 0.29) is 12.4 Å². The second-order valence-electron chi connectivity index (χ2n) is 7.78. The molecular formula is C23H35ClN2O3. The van der Waals surface area contributed by atoms with E-state index in [2.05, 4.69) is 41.8 Å². The minimum absolute atomic E-state index is 0. The van der Waals surface area contributed by atoms with Crippen LogP contribution in [0.2, 0.25) is 0 Å². The third kappa shape index (κ3) is 5.20. The molecule has 0 aliphatic heterocycles. The number of fused-ring (bicyclic) bond motifs is 1. The summed E-state index contributed by atoms with van der Waals surface area (Å²) in [5.41, 5.74) is 5.39. The first-order valence-electron chi connectivity index (χ1n) is 10.3. The van der Waals surface area contributed by atoms with Crippen LogP contribution in [0, 0.1) is 0 Å². The summed E-state index contributed by atoms with van der Waals surface area (Å²) in [5, 5.41) is 0. The van der Waals surface area contributed by atoms with Crippen LogP contribution in [-0.4, -0.2) is 51.4 Å². The van der Waals surface area contributed by atoms with Gasteiger partial charge in [0.15, 0.2) is 11.5 Å². The molecule has 2 aromatic rings. The highest BCUT2D eigenvalue weighted by Gasteiger charge is 2.21. The van der Waals surface area contributed by atoms with Gasteiger partial charge in [-0.05, 0) is 76.5 Å². The molecule has 0 bridgehead atoms. The van der Waals surface area contributed by atoms with Crippen LogP contribution in [0.3, 0.4) is 0 Å². The lowest BCUT2D eigenvalue weighted by molar-refractivity contribution is 0.324. The van der Waals surface area contributed by atoms with Crippen molar-refractivity contribution in [2.45, 2.75) is 45.1 Å². The van der Waals surface area contributed by atoms with E-state index in [0.29, 0.717) is 17.2 Å². The van der Waals surface area contributed by atoms with E-state index < -0.39 is 0 Å². The van der Waals surface area contributed by atoms with Gasteiger partial charge in [-0.25, -0.2) is 0 Å². The highest BCUT2D eigenvalue weighted by Crippen LogP contribution is 2.42. The fourth-order valence-electron chi connectivity index (χ4n) is 4.21. The molecule has 162 valence electrons. The van der Waals surface area contributed by atoms with Crippen LogP contribution in [0.15, 0.2) is 18.2 Å². The first-order valence-corrected chi connectivity index (χ1v) is 10.3. The van der Waals surface area contributed by atoms with Crippen molar-refractivity contribution in [3.8, 4) is 28.5 Å². The summed E-state index contributed by atoms with van der Waals surface area (Å²) in [6.45, 7) is 2.11. The van der Waals surface area contributed by atoms with Gasteiger partial charge in [0.25, 0.3) is 0 Å². The normalized spacial score (nSPS) is 13.4. The van der Waals surface area contributed by atoms with Crippen LogP contribution >= 0.6 is 12.4 Å². The SMILES string of the molecule is COc1cc(-c2cc3c(n2CCCN(C)C)CCCCC3)cc(OC)c1OC.Cl. The van der Waals surface area contributed by atoms with Crippen molar-refractivity contribution in [2.75, 3.05) is 42.0 Å². The van der Waals surface area contributed by atoms with Crippen molar-refractivity contribution in [2.24, 2.45) is 0 Å². The molecule has 1 heterocycles. The van der Waals surface area contributed by atoms with E-state index >= 15 is 0 Å². The van der Waals surface area contributed by atoms with Crippen molar-refractivity contribution < 1.29 is 14.2 Å². The van der Waals surface area contributed by atoms with Gasteiger partial charge in [-0.3, -0.25) is 0 Å². The Morgan fingerprint density at radius 1 is 0.897 bits per heavy atom. The van der Waals surface area contributed by atoms with E-state index in [1.165, 1.54) is 49.1 Å². The number of hydrogen-bond acceptors (Lipinski definition) is 4. The van der Waals surface area contributed by atoms with Gasteiger partial charge >= 0.3 is 0 Å². The van der Waals surface area contributed by atoms with Gasteiger partial charge in [0.1, 0.15) is 0 Å². The predicted molar refractivity (Wildman–Crippen MR) is 121 cm³/mol. The number of methoxy groups -OCH3 is 3. The number of nitrogens with zero attached hydrogens (tertiary/aromatic N) is 2. The van der Waals surface area contributed by atoms with Gasteiger partial charge in [-0.15, -0.1) is 12.4 Å². The number of rotatable bonds is 8. The predicted octanol–water partition coefficient (Wildman–Crippen LogP) is 4.82. The first-order chi connectivity index (χ1) is 13.6. The third-order valence-electron chi connectivity index (χ3n) is 5.61. The van der Waals surface area contributed by atoms with Crippen LogP contribution in [0.4, 0.5) is 0 Å². The largest absolute Gasteiger partial charge is 0.493 e. The van der Waals surface area contributed by atoms with Crippen LogP contribution in [0.1, 0.15) is 36.9 Å². The summed E-state index contributed by atoms with van der Waals surface area (Å²) in [4.78, 5) is 2.25. The molecule has 0 saturated heterocycles. The summed E-state index contributed by atoms with van der Waals surface area (Å²) >= 11 is 0. The number of benzene rings is 1. The molecule has 1 aromatic carbocycles. The van der Waals surface area contributed by atoms with Crippen LogP contribution in [-0.2, 0) is 19.4 Å². The number of hydrogen-bond donors (Lipinski definition) is 0. The molecule has 1 aliphatic rings. The maximum absolute atomic E-state index is 5.59. The highest BCUT2D eigenvalue weighted by atomic mass is 35.5. The first kappa shape index (κ1) is 23.4. The molecule has 0 fully saturated rings. The molecule has 0 spiro atoms. The molecular weight excluding hydrogens is 388 g/mol. The summed E-state index contributed by atoms with van der Waals surface area (Å²) < 4.78 is 19.2. The average Bonchev–Trinajstić information content (AvgIpc) is 2.87. The van der Waals surface area contributed by atoms with Crippen LogP contribution in [0.25, 0.3) is 11.3 Å². The van der Waals surface area contributed by atoms with Crippen molar-refractivity contribution in [3.05, 3.63) is 29.5 Å². The molecule has 1 aromatic heterocycles. The van der Waals surface area contributed by atoms with Gasteiger partial charge in [0.2, 0.25) is 5.75 Å². The molecule has 1 aliphatic carbocycles. The minimum Gasteiger partial charge on any atom is -0.493 e. The monoisotopic (exact) mass is 422 g/mol. The van der Waals surface area contributed by atoms with Gasteiger partial charge < -0.3 is 23.7 Å². The van der Waals surface area contributed by atoms with E-state index in [9.17, 15) is 0 Å². The smallest absolute Gasteiger partial charge is 0.203 e. The Kier molecular flexibility index (Phi) is 8.72. The molecule has 5 nitrogen and oxygen atoms in total. The lowest BCUT2D eigenvalue weighted by atomic mass is 10.1. The standard InChI is InChI=1S/C23H34N2O3.ClH/c1-24(2)12-9-13-25-19-11-8-6-7-10-17(19)14-20(25)18-15-21(26-3)23(28-5)22(16-18)27-4;/h14-16H,6-13H2,1-5H3;1H. The lowest BCUT2D eigenvalue weighted by Crippen LogP contribution is -2.16. The number of aryl methyl sites for hydroxylation is 1.